The minimum absolute atomic E-state index is 0.0194. The lowest BCUT2D eigenvalue weighted by atomic mass is 9.90. The fourth-order valence-electron chi connectivity index (χ4n) is 4.34. The molecule has 1 aromatic carbocycles. The number of morpholine rings is 1. The number of rotatable bonds is 6. The minimum Gasteiger partial charge on any atom is -0.475 e. The van der Waals surface area contributed by atoms with Gasteiger partial charge in [0.05, 0.1) is 25.0 Å². The molecule has 2 atom stereocenters. The lowest BCUT2D eigenvalue weighted by Gasteiger charge is -2.36. The Morgan fingerprint density at radius 3 is 2.50 bits per heavy atom. The Balaban J connectivity index is 1.37. The fraction of sp³-hybridized carbons (Fsp3) is 0.565. The molecule has 2 fully saturated rings. The van der Waals surface area contributed by atoms with Gasteiger partial charge in [0.2, 0.25) is 11.8 Å². The van der Waals surface area contributed by atoms with Gasteiger partial charge >= 0.3 is 0 Å². The maximum atomic E-state index is 14.1. The number of nitrogens with zero attached hydrogens (tertiary/aromatic N) is 3. The Morgan fingerprint density at radius 2 is 1.80 bits per heavy atom. The van der Waals surface area contributed by atoms with E-state index >= 15 is 0 Å². The average Bonchev–Trinajstić information content (AvgIpc) is 2.75. The Labute approximate surface area is 177 Å². The number of anilines is 3. The first-order chi connectivity index (χ1) is 14.6. The van der Waals surface area contributed by atoms with Crippen molar-refractivity contribution in [3.8, 4) is 5.88 Å². The molecule has 30 heavy (non-hydrogen) atoms. The topological polar surface area (TPSA) is 59.5 Å². The molecule has 1 aliphatic heterocycles. The molecule has 0 unspecified atom stereocenters. The van der Waals surface area contributed by atoms with E-state index in [-0.39, 0.29) is 18.1 Å². The zero-order valence-electron chi connectivity index (χ0n) is 17.8. The predicted octanol–water partition coefficient (Wildman–Crippen LogP) is 4.93. The summed E-state index contributed by atoms with van der Waals surface area (Å²) >= 11 is 0. The van der Waals surface area contributed by atoms with Crippen molar-refractivity contribution in [1.82, 2.24) is 9.97 Å². The molecule has 2 aromatic rings. The first kappa shape index (κ1) is 20.8. The maximum Gasteiger partial charge on any atom is 0.255 e. The van der Waals surface area contributed by atoms with Crippen LogP contribution < -0.4 is 15.0 Å². The molecule has 7 heteroatoms. The van der Waals surface area contributed by atoms with Crippen molar-refractivity contribution in [2.45, 2.75) is 58.2 Å². The lowest BCUT2D eigenvalue weighted by Crippen LogP contribution is -2.45. The lowest BCUT2D eigenvalue weighted by molar-refractivity contribution is -0.00521. The van der Waals surface area contributed by atoms with E-state index in [1.807, 2.05) is 12.1 Å². The standard InChI is InChI=1S/C23H31FN4O2/c1-16-13-28(14-17(2)30-16)20-10-8-19(9-11-20)26-23-25-12-21(24)22(27-23)29-15-18-6-4-3-5-7-18/h8-12,16-18H,3-7,13-15H2,1-2H3,(H,25,26,27)/t16-,17+. The molecule has 1 N–H and O–H groups in total. The highest BCUT2D eigenvalue weighted by Gasteiger charge is 2.22. The van der Waals surface area contributed by atoms with Crippen LogP contribution in [0.5, 0.6) is 5.88 Å². The number of halogens is 1. The molecule has 1 aliphatic carbocycles. The third-order valence-corrected chi connectivity index (χ3v) is 5.80. The number of ether oxygens (including phenoxy) is 2. The second-order valence-corrected chi connectivity index (χ2v) is 8.50. The van der Waals surface area contributed by atoms with Crippen LogP contribution in [0.15, 0.2) is 30.5 Å². The first-order valence-electron chi connectivity index (χ1n) is 11.0. The fourth-order valence-corrected chi connectivity index (χ4v) is 4.34. The van der Waals surface area contributed by atoms with Gasteiger partial charge in [-0.1, -0.05) is 19.3 Å². The second-order valence-electron chi connectivity index (χ2n) is 8.50. The summed E-state index contributed by atoms with van der Waals surface area (Å²) < 4.78 is 25.6. The van der Waals surface area contributed by atoms with Crippen molar-refractivity contribution in [3.05, 3.63) is 36.3 Å². The van der Waals surface area contributed by atoms with Crippen molar-refractivity contribution < 1.29 is 13.9 Å². The van der Waals surface area contributed by atoms with Crippen LogP contribution in [0.3, 0.4) is 0 Å². The van der Waals surface area contributed by atoms with E-state index in [0.717, 1.165) is 43.5 Å². The van der Waals surface area contributed by atoms with E-state index in [1.165, 1.54) is 19.3 Å². The molecule has 0 bridgehead atoms. The summed E-state index contributed by atoms with van der Waals surface area (Å²) in [5.41, 5.74) is 2.00. The van der Waals surface area contributed by atoms with Crippen LogP contribution in [0, 0.1) is 11.7 Å². The van der Waals surface area contributed by atoms with Crippen LogP contribution in [-0.4, -0.2) is 41.9 Å². The molecule has 1 saturated carbocycles. The Bertz CT molecular complexity index is 816. The van der Waals surface area contributed by atoms with Gasteiger partial charge in [-0.2, -0.15) is 9.37 Å². The van der Waals surface area contributed by atoms with Gasteiger partial charge in [-0.05, 0) is 56.9 Å². The van der Waals surface area contributed by atoms with Crippen LogP contribution in [0.1, 0.15) is 46.0 Å². The maximum absolute atomic E-state index is 14.1. The van der Waals surface area contributed by atoms with Gasteiger partial charge in [0.25, 0.3) is 5.88 Å². The second kappa shape index (κ2) is 9.60. The summed E-state index contributed by atoms with van der Waals surface area (Å²) in [5, 5.41) is 3.15. The quantitative estimate of drug-likeness (QED) is 0.723. The summed E-state index contributed by atoms with van der Waals surface area (Å²) in [6.07, 6.45) is 7.62. The molecular formula is C23H31FN4O2. The summed E-state index contributed by atoms with van der Waals surface area (Å²) in [4.78, 5) is 10.6. The molecule has 162 valence electrons. The molecule has 1 saturated heterocycles. The van der Waals surface area contributed by atoms with Gasteiger partial charge < -0.3 is 19.7 Å². The smallest absolute Gasteiger partial charge is 0.255 e. The molecule has 0 spiro atoms. The highest BCUT2D eigenvalue weighted by Crippen LogP contribution is 2.26. The summed E-state index contributed by atoms with van der Waals surface area (Å²) in [7, 11) is 0. The number of benzene rings is 1. The van der Waals surface area contributed by atoms with Gasteiger partial charge in [0, 0.05) is 24.5 Å². The Hall–Kier alpha value is -2.41. The third-order valence-electron chi connectivity index (χ3n) is 5.80. The molecule has 6 nitrogen and oxygen atoms in total. The Kier molecular flexibility index (Phi) is 6.67. The highest BCUT2D eigenvalue weighted by atomic mass is 19.1. The normalized spacial score (nSPS) is 22.7. The molecule has 1 aromatic heterocycles. The van der Waals surface area contributed by atoms with Crippen molar-refractivity contribution in [3.63, 3.8) is 0 Å². The zero-order chi connectivity index (χ0) is 20.9. The van der Waals surface area contributed by atoms with Crippen LogP contribution in [0.2, 0.25) is 0 Å². The number of hydrogen-bond acceptors (Lipinski definition) is 6. The van der Waals surface area contributed by atoms with E-state index in [9.17, 15) is 4.39 Å². The van der Waals surface area contributed by atoms with Crippen LogP contribution in [-0.2, 0) is 4.74 Å². The van der Waals surface area contributed by atoms with Gasteiger partial charge in [-0.3, -0.25) is 0 Å². The van der Waals surface area contributed by atoms with Crippen molar-refractivity contribution >= 4 is 17.3 Å². The van der Waals surface area contributed by atoms with Crippen molar-refractivity contribution in [2.75, 3.05) is 29.9 Å². The summed E-state index contributed by atoms with van der Waals surface area (Å²) in [5.74, 6) is 0.312. The van der Waals surface area contributed by atoms with Crippen LogP contribution in [0.25, 0.3) is 0 Å². The number of hydrogen-bond donors (Lipinski definition) is 1. The Morgan fingerprint density at radius 1 is 1.10 bits per heavy atom. The SMILES string of the molecule is C[C@@H]1CN(c2ccc(Nc3ncc(F)c(OCC4CCCCC4)n3)cc2)C[C@H](C)O1. The minimum atomic E-state index is -0.526. The van der Waals surface area contributed by atoms with E-state index in [0.29, 0.717) is 18.5 Å². The molecule has 2 aliphatic rings. The first-order valence-corrected chi connectivity index (χ1v) is 11.0. The highest BCUT2D eigenvalue weighted by molar-refractivity contribution is 5.59. The van der Waals surface area contributed by atoms with E-state index in [2.05, 4.69) is 46.2 Å². The predicted molar refractivity (Wildman–Crippen MR) is 116 cm³/mol. The molecule has 2 heterocycles. The number of nitrogens with one attached hydrogen (secondary N) is 1. The molecule has 0 radical (unpaired) electrons. The average molecular weight is 415 g/mol. The molecule has 0 amide bonds. The third kappa shape index (κ3) is 5.39. The van der Waals surface area contributed by atoms with E-state index in [4.69, 9.17) is 9.47 Å². The number of aromatic nitrogens is 2. The van der Waals surface area contributed by atoms with Gasteiger partial charge in [0.1, 0.15) is 0 Å². The molecular weight excluding hydrogens is 383 g/mol. The van der Waals surface area contributed by atoms with Gasteiger partial charge in [0.15, 0.2) is 0 Å². The summed E-state index contributed by atoms with van der Waals surface area (Å²) in [6.45, 7) is 6.45. The van der Waals surface area contributed by atoms with Crippen molar-refractivity contribution in [1.29, 1.82) is 0 Å². The van der Waals surface area contributed by atoms with E-state index < -0.39 is 5.82 Å². The zero-order valence-corrected chi connectivity index (χ0v) is 17.8. The van der Waals surface area contributed by atoms with Crippen molar-refractivity contribution in [2.24, 2.45) is 5.92 Å². The summed E-state index contributed by atoms with van der Waals surface area (Å²) in [6, 6.07) is 8.10. The molecule has 4 rings (SSSR count). The van der Waals surface area contributed by atoms with E-state index in [1.54, 1.807) is 0 Å². The van der Waals surface area contributed by atoms with Gasteiger partial charge in [-0.15, -0.1) is 0 Å². The largest absolute Gasteiger partial charge is 0.475 e. The monoisotopic (exact) mass is 414 g/mol. The van der Waals surface area contributed by atoms with Gasteiger partial charge in [-0.25, -0.2) is 4.98 Å². The van der Waals surface area contributed by atoms with Crippen LogP contribution in [0.4, 0.5) is 21.7 Å². The van der Waals surface area contributed by atoms with Crippen LogP contribution >= 0.6 is 0 Å².